The van der Waals surface area contributed by atoms with Crippen LogP contribution in [0.5, 0.6) is 0 Å². The largest absolute Gasteiger partial charge is 0.378 e. The molecule has 0 unspecified atom stereocenters. The van der Waals surface area contributed by atoms with Gasteiger partial charge in [-0.05, 0) is 43.5 Å². The lowest BCUT2D eigenvalue weighted by molar-refractivity contribution is 0.0931. The zero-order valence-electron chi connectivity index (χ0n) is 15.6. The molecule has 28 heavy (non-hydrogen) atoms. The van der Waals surface area contributed by atoms with E-state index >= 15 is 0 Å². The Morgan fingerprint density at radius 2 is 2.04 bits per heavy atom. The van der Waals surface area contributed by atoms with Crippen molar-refractivity contribution >= 4 is 23.6 Å². The molecular weight excluding hydrogens is 376 g/mol. The molecule has 3 aliphatic rings. The first kappa shape index (κ1) is 18.0. The third-order valence-corrected chi connectivity index (χ3v) is 6.66. The maximum absolute atomic E-state index is 12.5. The van der Waals surface area contributed by atoms with Crippen molar-refractivity contribution in [3.8, 4) is 0 Å². The Bertz CT molecular complexity index is 834. The van der Waals surface area contributed by atoms with Gasteiger partial charge in [-0.3, -0.25) is 4.79 Å². The fourth-order valence-electron chi connectivity index (χ4n) is 4.26. The first-order chi connectivity index (χ1) is 13.7. The molecule has 148 valence electrons. The quantitative estimate of drug-likeness (QED) is 0.797. The highest BCUT2D eigenvalue weighted by molar-refractivity contribution is 7.99. The SMILES string of the molecule is O=C(N[C@@H]1C[C@H]2CC[C@@H]1N2)c1ccc(Sc2cc(N3CCOCC3)on2)cc1. The number of rotatable bonds is 5. The van der Waals surface area contributed by atoms with Gasteiger partial charge in [0.2, 0.25) is 5.88 Å². The van der Waals surface area contributed by atoms with E-state index in [9.17, 15) is 4.79 Å². The normalized spacial score (nSPS) is 26.6. The Balaban J connectivity index is 1.18. The van der Waals surface area contributed by atoms with Crippen LogP contribution in [-0.2, 0) is 4.74 Å². The first-order valence-corrected chi connectivity index (χ1v) is 10.7. The van der Waals surface area contributed by atoms with E-state index in [-0.39, 0.29) is 11.9 Å². The van der Waals surface area contributed by atoms with Gasteiger partial charge in [-0.25, -0.2) is 0 Å². The van der Waals surface area contributed by atoms with Crippen molar-refractivity contribution in [1.29, 1.82) is 0 Å². The van der Waals surface area contributed by atoms with Crippen molar-refractivity contribution in [1.82, 2.24) is 15.8 Å². The van der Waals surface area contributed by atoms with Crippen LogP contribution in [-0.4, -0.2) is 55.5 Å². The summed E-state index contributed by atoms with van der Waals surface area (Å²) < 4.78 is 10.8. The molecule has 3 atom stereocenters. The second kappa shape index (κ2) is 7.77. The van der Waals surface area contributed by atoms with Gasteiger partial charge < -0.3 is 24.8 Å². The fraction of sp³-hybridized carbons (Fsp3) is 0.500. The maximum Gasteiger partial charge on any atom is 0.251 e. The number of ether oxygens (including phenoxy) is 1. The summed E-state index contributed by atoms with van der Waals surface area (Å²) in [4.78, 5) is 15.7. The number of anilines is 1. The summed E-state index contributed by atoms with van der Waals surface area (Å²) in [6.07, 6.45) is 3.44. The number of carbonyl (C=O) groups is 1. The lowest BCUT2D eigenvalue weighted by atomic mass is 9.95. The molecule has 0 radical (unpaired) electrons. The molecule has 0 saturated carbocycles. The molecule has 3 fully saturated rings. The average Bonchev–Trinajstić information content (AvgIpc) is 3.46. The highest BCUT2D eigenvalue weighted by Crippen LogP contribution is 2.31. The highest BCUT2D eigenvalue weighted by Gasteiger charge is 2.39. The Morgan fingerprint density at radius 3 is 2.75 bits per heavy atom. The van der Waals surface area contributed by atoms with E-state index in [1.807, 2.05) is 30.3 Å². The Hall–Kier alpha value is -2.03. The molecule has 1 amide bonds. The Labute approximate surface area is 168 Å². The van der Waals surface area contributed by atoms with Crippen molar-refractivity contribution in [3.05, 3.63) is 35.9 Å². The molecule has 1 aromatic heterocycles. The van der Waals surface area contributed by atoms with Gasteiger partial charge in [0.05, 0.1) is 13.2 Å². The van der Waals surface area contributed by atoms with Gasteiger partial charge in [0, 0.05) is 47.7 Å². The number of fused-ring (bicyclic) bond motifs is 2. The molecule has 0 aliphatic carbocycles. The Kier molecular flexibility index (Phi) is 5.00. The molecule has 3 aliphatic heterocycles. The molecule has 5 rings (SSSR count). The summed E-state index contributed by atoms with van der Waals surface area (Å²) in [5.41, 5.74) is 0.696. The van der Waals surface area contributed by atoms with Crippen LogP contribution in [0.1, 0.15) is 29.6 Å². The summed E-state index contributed by atoms with van der Waals surface area (Å²) in [5.74, 6) is 0.785. The smallest absolute Gasteiger partial charge is 0.251 e. The van der Waals surface area contributed by atoms with Crippen LogP contribution < -0.4 is 15.5 Å². The van der Waals surface area contributed by atoms with Gasteiger partial charge in [-0.2, -0.15) is 0 Å². The minimum absolute atomic E-state index is 0.00643. The molecular formula is C20H24N4O3S. The number of nitrogens with zero attached hydrogens (tertiary/aromatic N) is 2. The summed E-state index contributed by atoms with van der Waals surface area (Å²) in [5, 5.41) is 11.7. The number of benzene rings is 1. The van der Waals surface area contributed by atoms with E-state index < -0.39 is 0 Å². The second-order valence-corrected chi connectivity index (χ2v) is 8.69. The molecule has 8 heteroatoms. The van der Waals surface area contributed by atoms with Gasteiger partial charge in [0.15, 0.2) is 0 Å². The van der Waals surface area contributed by atoms with E-state index in [0.29, 0.717) is 30.9 Å². The van der Waals surface area contributed by atoms with Gasteiger partial charge in [-0.15, -0.1) is 0 Å². The average molecular weight is 401 g/mol. The number of hydrogen-bond acceptors (Lipinski definition) is 7. The van der Waals surface area contributed by atoms with Crippen LogP contribution >= 0.6 is 11.8 Å². The molecule has 7 nitrogen and oxygen atoms in total. The van der Waals surface area contributed by atoms with Gasteiger partial charge in [0.1, 0.15) is 5.03 Å². The predicted octanol–water partition coefficient (Wildman–Crippen LogP) is 2.29. The zero-order chi connectivity index (χ0) is 18.9. The molecule has 1 aromatic carbocycles. The van der Waals surface area contributed by atoms with E-state index in [4.69, 9.17) is 9.26 Å². The van der Waals surface area contributed by atoms with Crippen LogP contribution in [0.2, 0.25) is 0 Å². The highest BCUT2D eigenvalue weighted by atomic mass is 32.2. The zero-order valence-corrected chi connectivity index (χ0v) is 16.4. The van der Waals surface area contributed by atoms with Gasteiger partial charge >= 0.3 is 0 Å². The molecule has 0 spiro atoms. The van der Waals surface area contributed by atoms with Crippen molar-refractivity contribution in [2.24, 2.45) is 0 Å². The standard InChI is InChI=1S/C20H24N4O3S/c25-20(22-17-11-14-3-6-16(17)21-14)13-1-4-15(5-2-13)28-18-12-19(27-23-18)24-7-9-26-10-8-24/h1-2,4-5,12,14,16-17,21H,3,6-11H2,(H,22,25)/t14-,16+,17-/m1/s1. The van der Waals surface area contributed by atoms with Gasteiger partial charge in [-0.1, -0.05) is 16.9 Å². The van der Waals surface area contributed by atoms with Crippen molar-refractivity contribution < 1.29 is 14.1 Å². The van der Waals surface area contributed by atoms with Crippen LogP contribution in [0.15, 0.2) is 44.8 Å². The van der Waals surface area contributed by atoms with Gasteiger partial charge in [0.25, 0.3) is 5.91 Å². The van der Waals surface area contributed by atoms with E-state index in [1.165, 1.54) is 18.2 Å². The Morgan fingerprint density at radius 1 is 1.21 bits per heavy atom. The summed E-state index contributed by atoms with van der Waals surface area (Å²) in [6.45, 7) is 3.07. The van der Waals surface area contributed by atoms with Crippen LogP contribution in [0, 0.1) is 0 Å². The molecule has 2 aromatic rings. The molecule has 2 bridgehead atoms. The number of amides is 1. The fourth-order valence-corrected chi connectivity index (χ4v) is 5.01. The number of carbonyl (C=O) groups excluding carboxylic acids is 1. The van der Waals surface area contributed by atoms with Crippen LogP contribution in [0.4, 0.5) is 5.88 Å². The minimum atomic E-state index is 0.00643. The van der Waals surface area contributed by atoms with E-state index in [0.717, 1.165) is 41.7 Å². The lowest BCUT2D eigenvalue weighted by Crippen LogP contribution is -2.42. The second-order valence-electron chi connectivity index (χ2n) is 7.59. The van der Waals surface area contributed by atoms with Crippen molar-refractivity contribution in [2.45, 2.75) is 47.3 Å². The summed E-state index contributed by atoms with van der Waals surface area (Å²) in [7, 11) is 0. The monoisotopic (exact) mass is 400 g/mol. The third kappa shape index (κ3) is 3.76. The number of morpholine rings is 1. The molecule has 3 saturated heterocycles. The predicted molar refractivity (Wildman–Crippen MR) is 106 cm³/mol. The van der Waals surface area contributed by atoms with Crippen LogP contribution in [0.3, 0.4) is 0 Å². The van der Waals surface area contributed by atoms with Crippen molar-refractivity contribution in [2.75, 3.05) is 31.2 Å². The lowest BCUT2D eigenvalue weighted by Gasteiger charge is -2.25. The summed E-state index contributed by atoms with van der Waals surface area (Å²) in [6, 6.07) is 10.9. The molecule has 2 N–H and O–H groups in total. The minimum Gasteiger partial charge on any atom is -0.378 e. The number of aromatic nitrogens is 1. The number of hydrogen-bond donors (Lipinski definition) is 2. The third-order valence-electron chi connectivity index (χ3n) is 5.75. The van der Waals surface area contributed by atoms with E-state index in [2.05, 4.69) is 20.7 Å². The number of nitrogens with one attached hydrogen (secondary N) is 2. The first-order valence-electron chi connectivity index (χ1n) is 9.89. The van der Waals surface area contributed by atoms with E-state index in [1.54, 1.807) is 0 Å². The maximum atomic E-state index is 12.5. The molecule has 4 heterocycles. The topological polar surface area (TPSA) is 79.6 Å². The van der Waals surface area contributed by atoms with Crippen molar-refractivity contribution in [3.63, 3.8) is 0 Å². The van der Waals surface area contributed by atoms with Crippen LogP contribution in [0.25, 0.3) is 0 Å². The summed E-state index contributed by atoms with van der Waals surface area (Å²) >= 11 is 1.53.